The Bertz CT molecular complexity index is 328. The molecular weight excluding hydrogens is 202 g/mol. The highest BCUT2D eigenvalue weighted by Crippen LogP contribution is 2.15. The molecule has 1 aromatic carbocycles. The van der Waals surface area contributed by atoms with E-state index in [1.54, 1.807) is 24.5 Å². The zero-order chi connectivity index (χ0) is 10.6. The van der Waals surface area contributed by atoms with Gasteiger partial charge in [0.15, 0.2) is 7.11 Å². The van der Waals surface area contributed by atoms with Crippen molar-refractivity contribution in [1.82, 2.24) is 0 Å². The van der Waals surface area contributed by atoms with Crippen LogP contribution in [-0.4, -0.2) is 22.8 Å². The molecule has 0 amide bonds. The summed E-state index contributed by atoms with van der Waals surface area (Å²) in [4.78, 5) is 16.0. The number of rotatable bonds is 4. The van der Waals surface area contributed by atoms with E-state index in [-0.39, 0.29) is 0 Å². The molecule has 14 heavy (non-hydrogen) atoms. The van der Waals surface area contributed by atoms with Crippen LogP contribution in [0.15, 0.2) is 24.3 Å². The number of nitrogens with zero attached hydrogens (tertiary/aromatic N) is 1. The van der Waals surface area contributed by atoms with Crippen LogP contribution in [0, 0.1) is 4.91 Å². The summed E-state index contributed by atoms with van der Waals surface area (Å²) in [6.45, 7) is 0. The van der Waals surface area contributed by atoms with E-state index in [2.05, 4.69) is 4.84 Å². The lowest BCUT2D eigenvalue weighted by molar-refractivity contribution is -0.736. The van der Waals surface area contributed by atoms with Crippen molar-refractivity contribution in [3.63, 3.8) is 0 Å². The monoisotopic (exact) mass is 214 g/mol. The maximum atomic E-state index is 11.1. The maximum absolute atomic E-state index is 11.1. The van der Waals surface area contributed by atoms with Gasteiger partial charge in [-0.1, -0.05) is 23.3 Å². The van der Waals surface area contributed by atoms with Crippen LogP contribution >= 0.6 is 0 Å². The fraction of sp³-hybridized carbons (Fsp3) is 0.333. The normalized spacial score (nSPS) is 12.2. The zero-order valence-electron chi connectivity index (χ0n) is 8.10. The number of benzene rings is 1. The average molecular weight is 214 g/mol. The second-order valence-corrected chi connectivity index (χ2v) is 4.26. The van der Waals surface area contributed by atoms with Crippen molar-refractivity contribution >= 4 is 16.9 Å². The van der Waals surface area contributed by atoms with Gasteiger partial charge in [-0.05, 0) is 0 Å². The topological polar surface area (TPSA) is 52.4 Å². The van der Waals surface area contributed by atoms with Gasteiger partial charge in [0.25, 0.3) is 4.92 Å². The molecule has 0 aromatic heterocycles. The van der Waals surface area contributed by atoms with Crippen LogP contribution in [0.1, 0.15) is 5.56 Å². The van der Waals surface area contributed by atoms with Gasteiger partial charge in [-0.3, -0.25) is 0 Å². The van der Waals surface area contributed by atoms with Gasteiger partial charge in [0.05, 0.1) is 11.2 Å². The molecule has 0 aliphatic carbocycles. The third-order valence-electron chi connectivity index (χ3n) is 1.66. The predicted octanol–water partition coefficient (Wildman–Crippen LogP) is 1.54. The summed E-state index contributed by atoms with van der Waals surface area (Å²) in [7, 11) is 1.30. The first-order chi connectivity index (χ1) is 6.63. The van der Waals surface area contributed by atoms with Gasteiger partial charge < -0.3 is 4.55 Å². The van der Waals surface area contributed by atoms with Crippen LogP contribution in [0.2, 0.25) is 0 Å². The Balaban J connectivity index is 2.84. The summed E-state index contributed by atoms with van der Waals surface area (Å²) >= 11 is -0.901. The summed E-state index contributed by atoms with van der Waals surface area (Å²) in [6.07, 6.45) is 1.62. The van der Waals surface area contributed by atoms with Gasteiger partial charge in [0.1, 0.15) is 5.75 Å². The Morgan fingerprint density at radius 2 is 2.29 bits per heavy atom. The van der Waals surface area contributed by atoms with Crippen LogP contribution in [-0.2, 0) is 21.8 Å². The van der Waals surface area contributed by atoms with Crippen molar-refractivity contribution in [1.29, 1.82) is 0 Å². The molecule has 0 aliphatic rings. The largest absolute Gasteiger partial charge is 0.616 e. The molecule has 0 saturated carbocycles. The first-order valence-corrected chi connectivity index (χ1v) is 5.76. The molecule has 0 saturated heterocycles. The Kier molecular flexibility index (Phi) is 3.91. The molecule has 1 rings (SSSR count). The van der Waals surface area contributed by atoms with Gasteiger partial charge in [-0.2, -0.15) is 0 Å². The third kappa shape index (κ3) is 3.01. The quantitative estimate of drug-likeness (QED) is 0.564. The summed E-state index contributed by atoms with van der Waals surface area (Å²) < 4.78 is 11.0. The SMILES string of the molecule is CO[N+](=O)c1cccc(C[S+](C)[O-])c1. The van der Waals surface area contributed by atoms with E-state index < -0.39 is 11.2 Å². The molecule has 4 nitrogen and oxygen atoms in total. The summed E-state index contributed by atoms with van der Waals surface area (Å²) in [5.41, 5.74) is 1.27. The Labute approximate surface area is 85.6 Å². The van der Waals surface area contributed by atoms with E-state index >= 15 is 0 Å². The highest BCUT2D eigenvalue weighted by molar-refractivity contribution is 7.89. The smallest absolute Gasteiger partial charge is 0.317 e. The summed E-state index contributed by atoms with van der Waals surface area (Å²) in [5, 5.41) is 0. The van der Waals surface area contributed by atoms with Crippen LogP contribution in [0.5, 0.6) is 0 Å². The molecule has 76 valence electrons. The molecule has 0 aliphatic heterocycles. The molecule has 1 unspecified atom stereocenters. The van der Waals surface area contributed by atoms with Crippen molar-refractivity contribution in [3.8, 4) is 0 Å². The van der Waals surface area contributed by atoms with Crippen molar-refractivity contribution in [3.05, 3.63) is 34.7 Å². The van der Waals surface area contributed by atoms with Gasteiger partial charge in [0, 0.05) is 17.7 Å². The van der Waals surface area contributed by atoms with E-state index in [1.807, 2.05) is 6.07 Å². The van der Waals surface area contributed by atoms with Gasteiger partial charge in [0.2, 0.25) is 0 Å². The van der Waals surface area contributed by atoms with Gasteiger partial charge in [-0.25, -0.2) is 4.84 Å². The number of hydrogen-bond acceptors (Lipinski definition) is 3. The van der Waals surface area contributed by atoms with E-state index in [4.69, 9.17) is 0 Å². The van der Waals surface area contributed by atoms with Crippen molar-refractivity contribution in [2.75, 3.05) is 13.4 Å². The molecule has 0 fully saturated rings. The molecule has 1 aromatic rings. The van der Waals surface area contributed by atoms with Crippen molar-refractivity contribution in [2.45, 2.75) is 5.75 Å². The highest BCUT2D eigenvalue weighted by Gasteiger charge is 2.15. The van der Waals surface area contributed by atoms with Crippen LogP contribution in [0.4, 0.5) is 5.69 Å². The van der Waals surface area contributed by atoms with E-state index in [0.717, 1.165) is 5.56 Å². The molecule has 5 heteroatoms. The van der Waals surface area contributed by atoms with Crippen molar-refractivity contribution < 1.29 is 14.3 Å². The molecule has 1 atom stereocenters. The molecular formula is C9H12NO3S+. The summed E-state index contributed by atoms with van der Waals surface area (Å²) in [6, 6.07) is 6.87. The highest BCUT2D eigenvalue weighted by atomic mass is 32.2. The lowest BCUT2D eigenvalue weighted by atomic mass is 10.2. The second kappa shape index (κ2) is 4.97. The van der Waals surface area contributed by atoms with Crippen LogP contribution in [0.3, 0.4) is 0 Å². The minimum atomic E-state index is -0.901. The lowest BCUT2D eigenvalue weighted by Gasteiger charge is -2.03. The zero-order valence-corrected chi connectivity index (χ0v) is 8.91. The molecule has 0 spiro atoms. The van der Waals surface area contributed by atoms with E-state index in [1.165, 1.54) is 7.11 Å². The standard InChI is InChI=1S/C9H12NO3S/c1-13-10(11)9-5-3-4-8(6-9)7-14(2)12/h3-6H,7H2,1-2H3/q+1. The molecule has 0 bridgehead atoms. The first-order valence-electron chi connectivity index (χ1n) is 4.04. The first kappa shape index (κ1) is 11.0. The maximum Gasteiger partial charge on any atom is 0.317 e. The third-order valence-corrected chi connectivity index (χ3v) is 2.40. The molecule has 0 heterocycles. The molecule has 0 N–H and O–H groups in total. The second-order valence-electron chi connectivity index (χ2n) is 2.83. The van der Waals surface area contributed by atoms with Crippen LogP contribution in [0.25, 0.3) is 0 Å². The van der Waals surface area contributed by atoms with E-state index in [0.29, 0.717) is 16.4 Å². The van der Waals surface area contributed by atoms with Crippen molar-refractivity contribution in [2.24, 2.45) is 0 Å². The fourth-order valence-electron chi connectivity index (χ4n) is 1.10. The van der Waals surface area contributed by atoms with Gasteiger partial charge >= 0.3 is 5.69 Å². The Morgan fingerprint density at radius 1 is 1.57 bits per heavy atom. The Hall–Kier alpha value is -1.07. The molecule has 0 radical (unpaired) electrons. The fourth-order valence-corrected chi connectivity index (χ4v) is 1.75. The lowest BCUT2D eigenvalue weighted by Crippen LogP contribution is -2.02. The minimum Gasteiger partial charge on any atom is -0.616 e. The Morgan fingerprint density at radius 3 is 2.86 bits per heavy atom. The minimum absolute atomic E-state index is 0.412. The van der Waals surface area contributed by atoms with Gasteiger partial charge in [-0.15, -0.1) is 0 Å². The summed E-state index contributed by atoms with van der Waals surface area (Å²) in [5.74, 6) is 0.450. The number of hydrogen-bond donors (Lipinski definition) is 0. The average Bonchev–Trinajstić information content (AvgIpc) is 2.16. The van der Waals surface area contributed by atoms with Crippen LogP contribution < -0.4 is 0 Å². The van der Waals surface area contributed by atoms with E-state index in [9.17, 15) is 9.46 Å². The predicted molar refractivity (Wildman–Crippen MR) is 54.5 cm³/mol.